The number of benzene rings is 1. The van der Waals surface area contributed by atoms with E-state index in [0.29, 0.717) is 6.04 Å². The Morgan fingerprint density at radius 1 is 1.21 bits per heavy atom. The average molecular weight is 275 g/mol. The second-order valence-electron chi connectivity index (χ2n) is 6.15. The monoisotopic (exact) mass is 275 g/mol. The van der Waals surface area contributed by atoms with E-state index in [4.69, 9.17) is 0 Å². The van der Waals surface area contributed by atoms with Crippen LogP contribution in [-0.4, -0.2) is 17.8 Å². The van der Waals surface area contributed by atoms with Gasteiger partial charge in [-0.15, -0.1) is 11.8 Å². The van der Waals surface area contributed by atoms with E-state index >= 15 is 0 Å². The molecule has 1 aliphatic carbocycles. The van der Waals surface area contributed by atoms with Crippen LogP contribution in [0.4, 0.5) is 0 Å². The highest BCUT2D eigenvalue weighted by atomic mass is 32.2. The smallest absolute Gasteiger partial charge is 0.0260 e. The van der Waals surface area contributed by atoms with Gasteiger partial charge in [0.2, 0.25) is 0 Å². The lowest BCUT2D eigenvalue weighted by Crippen LogP contribution is -2.38. The Hall–Kier alpha value is -0.470. The fraction of sp³-hybridized carbons (Fsp3) is 0.647. The molecule has 1 fully saturated rings. The number of fused-ring (bicyclic) bond motifs is 1. The summed E-state index contributed by atoms with van der Waals surface area (Å²) in [6.45, 7) is 3.56. The van der Waals surface area contributed by atoms with E-state index in [1.165, 1.54) is 43.4 Å². The molecule has 2 unspecified atom stereocenters. The quantitative estimate of drug-likeness (QED) is 0.881. The van der Waals surface area contributed by atoms with Crippen molar-refractivity contribution in [2.75, 3.05) is 6.54 Å². The summed E-state index contributed by atoms with van der Waals surface area (Å²) >= 11 is 2.06. The van der Waals surface area contributed by atoms with Crippen LogP contribution in [-0.2, 0) is 6.42 Å². The van der Waals surface area contributed by atoms with Crippen molar-refractivity contribution in [2.24, 2.45) is 5.92 Å². The summed E-state index contributed by atoms with van der Waals surface area (Å²) in [6, 6.07) is 9.58. The predicted molar refractivity (Wildman–Crippen MR) is 83.8 cm³/mol. The molecule has 0 amide bonds. The summed E-state index contributed by atoms with van der Waals surface area (Å²) in [5, 5.41) is 4.55. The number of thioether (sulfide) groups is 1. The molecular weight excluding hydrogens is 250 g/mol. The number of hydrogen-bond donors (Lipinski definition) is 1. The molecule has 0 aromatic heterocycles. The van der Waals surface area contributed by atoms with E-state index in [2.05, 4.69) is 48.3 Å². The third-order valence-corrected chi connectivity index (χ3v) is 6.06. The zero-order chi connectivity index (χ0) is 13.1. The van der Waals surface area contributed by atoms with Crippen LogP contribution >= 0.6 is 11.8 Å². The molecule has 1 heterocycles. The van der Waals surface area contributed by atoms with Crippen LogP contribution in [0.25, 0.3) is 0 Å². The summed E-state index contributed by atoms with van der Waals surface area (Å²) in [7, 11) is 0. The highest BCUT2D eigenvalue weighted by molar-refractivity contribution is 8.00. The zero-order valence-electron chi connectivity index (χ0n) is 11.9. The van der Waals surface area contributed by atoms with Gasteiger partial charge in [0.15, 0.2) is 0 Å². The molecule has 0 spiro atoms. The minimum Gasteiger partial charge on any atom is -0.313 e. The van der Waals surface area contributed by atoms with Gasteiger partial charge in [-0.3, -0.25) is 0 Å². The van der Waals surface area contributed by atoms with Crippen LogP contribution < -0.4 is 5.32 Å². The molecule has 0 bridgehead atoms. The Kier molecular flexibility index (Phi) is 4.49. The first kappa shape index (κ1) is 13.5. The zero-order valence-corrected chi connectivity index (χ0v) is 12.7. The van der Waals surface area contributed by atoms with Crippen molar-refractivity contribution < 1.29 is 0 Å². The molecule has 1 nitrogen and oxygen atoms in total. The third kappa shape index (κ3) is 3.35. The van der Waals surface area contributed by atoms with E-state index in [-0.39, 0.29) is 0 Å². The Morgan fingerprint density at radius 3 is 2.79 bits per heavy atom. The second kappa shape index (κ2) is 6.32. The van der Waals surface area contributed by atoms with Crippen molar-refractivity contribution in [3.63, 3.8) is 0 Å². The molecule has 2 heteroatoms. The van der Waals surface area contributed by atoms with Crippen LogP contribution in [0, 0.1) is 5.92 Å². The van der Waals surface area contributed by atoms with Gasteiger partial charge >= 0.3 is 0 Å². The maximum atomic E-state index is 3.81. The molecule has 1 N–H and O–H groups in total. The minimum atomic E-state index is 0.699. The van der Waals surface area contributed by atoms with Crippen molar-refractivity contribution >= 4 is 11.8 Å². The van der Waals surface area contributed by atoms with Gasteiger partial charge in [-0.1, -0.05) is 37.5 Å². The Morgan fingerprint density at radius 2 is 2.00 bits per heavy atom. The lowest BCUT2D eigenvalue weighted by molar-refractivity contribution is 0.282. The molecule has 0 saturated heterocycles. The molecule has 0 radical (unpaired) electrons. The van der Waals surface area contributed by atoms with Gasteiger partial charge in [-0.05, 0) is 43.7 Å². The number of hydrogen-bond acceptors (Lipinski definition) is 2. The van der Waals surface area contributed by atoms with Crippen molar-refractivity contribution in [3.8, 4) is 0 Å². The van der Waals surface area contributed by atoms with Gasteiger partial charge in [0.1, 0.15) is 0 Å². The molecule has 2 atom stereocenters. The first-order valence-corrected chi connectivity index (χ1v) is 8.69. The van der Waals surface area contributed by atoms with Crippen molar-refractivity contribution in [1.82, 2.24) is 5.32 Å². The highest BCUT2D eigenvalue weighted by Gasteiger charge is 2.24. The van der Waals surface area contributed by atoms with E-state index in [0.717, 1.165) is 17.7 Å². The first-order chi connectivity index (χ1) is 9.33. The van der Waals surface area contributed by atoms with Gasteiger partial charge in [0.05, 0.1) is 0 Å². The standard InChI is InChI=1S/C17H25NS/c1-13(14-7-3-2-4-8-14)18-12-16-11-15-9-5-6-10-17(15)19-16/h5-6,9-10,13-14,16,18H,2-4,7-8,11-12H2,1H3. The van der Waals surface area contributed by atoms with Crippen molar-refractivity contribution in [1.29, 1.82) is 0 Å². The van der Waals surface area contributed by atoms with Gasteiger partial charge in [0, 0.05) is 22.7 Å². The van der Waals surface area contributed by atoms with Crippen LogP contribution in [0.15, 0.2) is 29.2 Å². The van der Waals surface area contributed by atoms with Gasteiger partial charge in [-0.2, -0.15) is 0 Å². The Balaban J connectivity index is 1.46. The SMILES string of the molecule is CC(NCC1Cc2ccccc2S1)C1CCCCC1. The normalized spacial score (nSPS) is 25.2. The number of rotatable bonds is 4. The fourth-order valence-corrected chi connectivity index (χ4v) is 4.75. The van der Waals surface area contributed by atoms with Crippen LogP contribution in [0.1, 0.15) is 44.6 Å². The minimum absolute atomic E-state index is 0.699. The molecule has 1 aromatic carbocycles. The maximum Gasteiger partial charge on any atom is 0.0260 e. The lowest BCUT2D eigenvalue weighted by atomic mass is 9.84. The van der Waals surface area contributed by atoms with Crippen LogP contribution in [0.5, 0.6) is 0 Å². The third-order valence-electron chi connectivity index (χ3n) is 4.74. The molecule has 19 heavy (non-hydrogen) atoms. The molecule has 1 saturated carbocycles. The summed E-state index contributed by atoms with van der Waals surface area (Å²) < 4.78 is 0. The lowest BCUT2D eigenvalue weighted by Gasteiger charge is -2.29. The number of nitrogens with one attached hydrogen (secondary N) is 1. The molecule has 1 aliphatic heterocycles. The van der Waals surface area contributed by atoms with Gasteiger partial charge in [-0.25, -0.2) is 0 Å². The van der Waals surface area contributed by atoms with E-state index in [1.807, 2.05) is 0 Å². The van der Waals surface area contributed by atoms with Gasteiger partial charge < -0.3 is 5.32 Å². The van der Waals surface area contributed by atoms with E-state index in [9.17, 15) is 0 Å². The van der Waals surface area contributed by atoms with Crippen molar-refractivity contribution in [2.45, 2.75) is 61.6 Å². The molecule has 104 valence electrons. The maximum absolute atomic E-state index is 3.81. The average Bonchev–Trinajstić information content (AvgIpc) is 2.88. The molecule has 3 rings (SSSR count). The van der Waals surface area contributed by atoms with Crippen LogP contribution in [0.3, 0.4) is 0 Å². The summed E-state index contributed by atoms with van der Waals surface area (Å²) in [4.78, 5) is 1.50. The summed E-state index contributed by atoms with van der Waals surface area (Å²) in [5.41, 5.74) is 1.55. The second-order valence-corrected chi connectivity index (χ2v) is 7.49. The van der Waals surface area contributed by atoms with Crippen LogP contribution in [0.2, 0.25) is 0 Å². The largest absolute Gasteiger partial charge is 0.313 e. The van der Waals surface area contributed by atoms with Gasteiger partial charge in [0.25, 0.3) is 0 Å². The molecule has 1 aromatic rings. The van der Waals surface area contributed by atoms with E-state index < -0.39 is 0 Å². The highest BCUT2D eigenvalue weighted by Crippen LogP contribution is 2.36. The predicted octanol–water partition coefficient (Wildman–Crippen LogP) is 4.26. The molecular formula is C17H25NS. The molecule has 2 aliphatic rings. The van der Waals surface area contributed by atoms with Crippen molar-refractivity contribution in [3.05, 3.63) is 29.8 Å². The Bertz CT molecular complexity index is 386. The summed E-state index contributed by atoms with van der Waals surface area (Å²) in [6.07, 6.45) is 8.46. The summed E-state index contributed by atoms with van der Waals surface area (Å²) in [5.74, 6) is 0.919. The first-order valence-electron chi connectivity index (χ1n) is 7.81. The van der Waals surface area contributed by atoms with E-state index in [1.54, 1.807) is 5.56 Å². The fourth-order valence-electron chi connectivity index (χ4n) is 3.49. The topological polar surface area (TPSA) is 12.0 Å². The Labute approximate surface area is 121 Å².